The summed E-state index contributed by atoms with van der Waals surface area (Å²) >= 11 is 0. The van der Waals surface area contributed by atoms with Crippen molar-refractivity contribution in [3.63, 3.8) is 0 Å². The minimum absolute atomic E-state index is 1.00. The van der Waals surface area contributed by atoms with Crippen LogP contribution < -0.4 is 4.90 Å². The first-order chi connectivity index (χ1) is 11.7. The summed E-state index contributed by atoms with van der Waals surface area (Å²) in [6.45, 7) is 6.39. The van der Waals surface area contributed by atoms with E-state index in [2.05, 4.69) is 91.2 Å². The molecule has 24 heavy (non-hydrogen) atoms. The summed E-state index contributed by atoms with van der Waals surface area (Å²) in [5, 5.41) is 0. The summed E-state index contributed by atoms with van der Waals surface area (Å²) < 4.78 is 0. The number of nitrogens with zero attached hydrogens (tertiary/aromatic N) is 1. The fraction of sp³-hybridized carbons (Fsp3) is 0.130. The molecule has 0 aromatic heterocycles. The molecule has 0 unspecified atom stereocenters. The van der Waals surface area contributed by atoms with Crippen molar-refractivity contribution >= 4 is 23.0 Å². The van der Waals surface area contributed by atoms with Gasteiger partial charge in [0.1, 0.15) is 0 Å². The van der Waals surface area contributed by atoms with E-state index in [1.165, 1.54) is 33.6 Å². The molecule has 0 spiro atoms. The van der Waals surface area contributed by atoms with Crippen molar-refractivity contribution in [2.45, 2.75) is 19.8 Å². The molecule has 0 radical (unpaired) electrons. The minimum Gasteiger partial charge on any atom is -0.310 e. The molecule has 1 heteroatoms. The standard InChI is InChI=1S/C23H21N/c1-17-8-6-7-11-22(17)24-18(2)12-13-21-16-20(14-15-23(21)24)19-9-4-3-5-10-19/h3-4,6-9,11-16H,2,5,10H2,1H3. The molecule has 0 atom stereocenters. The maximum absolute atomic E-state index is 4.24. The Morgan fingerprint density at radius 3 is 2.67 bits per heavy atom. The summed E-state index contributed by atoms with van der Waals surface area (Å²) in [6.07, 6.45) is 13.2. The largest absolute Gasteiger partial charge is 0.310 e. The predicted molar refractivity (Wildman–Crippen MR) is 104 cm³/mol. The van der Waals surface area contributed by atoms with E-state index in [-0.39, 0.29) is 0 Å². The molecule has 0 bridgehead atoms. The number of para-hydroxylation sites is 1. The first-order valence-corrected chi connectivity index (χ1v) is 8.47. The third-order valence-corrected chi connectivity index (χ3v) is 4.75. The molecule has 0 N–H and O–H groups in total. The van der Waals surface area contributed by atoms with Crippen molar-refractivity contribution in [1.29, 1.82) is 0 Å². The van der Waals surface area contributed by atoms with Gasteiger partial charge in [0.2, 0.25) is 0 Å². The van der Waals surface area contributed by atoms with E-state index in [0.29, 0.717) is 0 Å². The number of rotatable bonds is 2. The average Bonchev–Trinajstić information content (AvgIpc) is 2.63. The minimum atomic E-state index is 1.00. The second-order valence-electron chi connectivity index (χ2n) is 6.38. The van der Waals surface area contributed by atoms with Crippen LogP contribution >= 0.6 is 0 Å². The van der Waals surface area contributed by atoms with Gasteiger partial charge in [0, 0.05) is 11.4 Å². The van der Waals surface area contributed by atoms with Crippen molar-refractivity contribution in [2.75, 3.05) is 4.90 Å². The Kier molecular flexibility index (Phi) is 3.70. The van der Waals surface area contributed by atoms with Gasteiger partial charge in [0.25, 0.3) is 0 Å². The van der Waals surface area contributed by atoms with Crippen LogP contribution in [0.25, 0.3) is 11.6 Å². The third kappa shape index (κ3) is 2.52. The van der Waals surface area contributed by atoms with Crippen molar-refractivity contribution in [3.05, 3.63) is 95.7 Å². The molecule has 118 valence electrons. The molecule has 4 rings (SSSR count). The van der Waals surface area contributed by atoms with Gasteiger partial charge in [0.15, 0.2) is 0 Å². The Morgan fingerprint density at radius 2 is 1.88 bits per heavy atom. The molecule has 0 fully saturated rings. The lowest BCUT2D eigenvalue weighted by Crippen LogP contribution is -2.18. The lowest BCUT2D eigenvalue weighted by Gasteiger charge is -2.31. The van der Waals surface area contributed by atoms with Crippen LogP contribution in [0.5, 0.6) is 0 Å². The SMILES string of the molecule is C=C1C=Cc2cc(C3=CC=CCC3)ccc2N1c1ccccc1C. The highest BCUT2D eigenvalue weighted by atomic mass is 15.2. The normalized spacial score (nSPS) is 16.1. The van der Waals surface area contributed by atoms with E-state index in [1.807, 2.05) is 0 Å². The summed E-state index contributed by atoms with van der Waals surface area (Å²) in [7, 11) is 0. The number of aryl methyl sites for hydroxylation is 1. The van der Waals surface area contributed by atoms with Crippen LogP contribution in [0, 0.1) is 6.92 Å². The quantitative estimate of drug-likeness (QED) is 0.619. The van der Waals surface area contributed by atoms with Gasteiger partial charge in [-0.25, -0.2) is 0 Å². The molecule has 0 amide bonds. The maximum atomic E-state index is 4.24. The first-order valence-electron chi connectivity index (χ1n) is 8.47. The van der Waals surface area contributed by atoms with E-state index >= 15 is 0 Å². The summed E-state index contributed by atoms with van der Waals surface area (Å²) in [4.78, 5) is 2.25. The van der Waals surface area contributed by atoms with Crippen LogP contribution in [0.3, 0.4) is 0 Å². The molecule has 1 nitrogen and oxygen atoms in total. The number of allylic oxidation sites excluding steroid dienone is 5. The zero-order valence-corrected chi connectivity index (χ0v) is 14.0. The molecule has 0 saturated heterocycles. The van der Waals surface area contributed by atoms with E-state index in [9.17, 15) is 0 Å². The van der Waals surface area contributed by atoms with E-state index in [1.54, 1.807) is 0 Å². The third-order valence-electron chi connectivity index (χ3n) is 4.75. The molecule has 2 aromatic carbocycles. The van der Waals surface area contributed by atoms with Gasteiger partial charge < -0.3 is 4.90 Å². The summed E-state index contributed by atoms with van der Waals surface area (Å²) in [5.74, 6) is 0. The van der Waals surface area contributed by atoms with Crippen molar-refractivity contribution < 1.29 is 0 Å². The lowest BCUT2D eigenvalue weighted by molar-refractivity contribution is 1.05. The zero-order chi connectivity index (χ0) is 16.5. The van der Waals surface area contributed by atoms with Crippen molar-refractivity contribution in [3.8, 4) is 0 Å². The van der Waals surface area contributed by atoms with Gasteiger partial charge in [-0.2, -0.15) is 0 Å². The van der Waals surface area contributed by atoms with Crippen LogP contribution in [-0.2, 0) is 0 Å². The monoisotopic (exact) mass is 311 g/mol. The van der Waals surface area contributed by atoms with Crippen LogP contribution in [-0.4, -0.2) is 0 Å². The fourth-order valence-electron chi connectivity index (χ4n) is 3.45. The van der Waals surface area contributed by atoms with Crippen LogP contribution in [0.1, 0.15) is 29.5 Å². The second-order valence-corrected chi connectivity index (χ2v) is 6.38. The Bertz CT molecular complexity index is 896. The lowest BCUT2D eigenvalue weighted by atomic mass is 9.94. The number of benzene rings is 2. The molecular weight excluding hydrogens is 290 g/mol. The van der Waals surface area contributed by atoms with Gasteiger partial charge in [-0.1, -0.05) is 55.1 Å². The summed E-state index contributed by atoms with van der Waals surface area (Å²) in [6, 6.07) is 15.2. The van der Waals surface area contributed by atoms with E-state index in [0.717, 1.165) is 18.5 Å². The van der Waals surface area contributed by atoms with Crippen LogP contribution in [0.2, 0.25) is 0 Å². The Hall–Kier alpha value is -2.80. The Labute approximate surface area is 143 Å². The zero-order valence-electron chi connectivity index (χ0n) is 14.0. The smallest absolute Gasteiger partial charge is 0.0534 e. The number of fused-ring (bicyclic) bond motifs is 1. The number of hydrogen-bond acceptors (Lipinski definition) is 1. The van der Waals surface area contributed by atoms with E-state index < -0.39 is 0 Å². The van der Waals surface area contributed by atoms with Crippen molar-refractivity contribution in [1.82, 2.24) is 0 Å². The maximum Gasteiger partial charge on any atom is 0.0534 e. The predicted octanol–water partition coefficient (Wildman–Crippen LogP) is 6.41. The molecule has 1 heterocycles. The second kappa shape index (κ2) is 6.01. The van der Waals surface area contributed by atoms with Gasteiger partial charge in [-0.15, -0.1) is 0 Å². The highest BCUT2D eigenvalue weighted by Gasteiger charge is 2.20. The van der Waals surface area contributed by atoms with Crippen LogP contribution in [0.4, 0.5) is 11.4 Å². The summed E-state index contributed by atoms with van der Waals surface area (Å²) in [5.41, 5.74) is 8.64. The molecule has 1 aliphatic carbocycles. The van der Waals surface area contributed by atoms with Gasteiger partial charge >= 0.3 is 0 Å². The topological polar surface area (TPSA) is 3.24 Å². The van der Waals surface area contributed by atoms with E-state index in [4.69, 9.17) is 0 Å². The molecule has 1 aliphatic heterocycles. The number of anilines is 2. The highest BCUT2D eigenvalue weighted by Crippen LogP contribution is 2.39. The van der Waals surface area contributed by atoms with Gasteiger partial charge in [0.05, 0.1) is 5.69 Å². The fourth-order valence-corrected chi connectivity index (χ4v) is 3.45. The number of hydrogen-bond donors (Lipinski definition) is 0. The Morgan fingerprint density at radius 1 is 1.00 bits per heavy atom. The molecular formula is C23H21N. The van der Waals surface area contributed by atoms with Gasteiger partial charge in [-0.3, -0.25) is 0 Å². The molecule has 2 aromatic rings. The first kappa shape index (κ1) is 14.8. The molecule has 2 aliphatic rings. The average molecular weight is 311 g/mol. The van der Waals surface area contributed by atoms with Gasteiger partial charge in [-0.05, 0) is 66.3 Å². The van der Waals surface area contributed by atoms with Crippen LogP contribution in [0.15, 0.2) is 79.0 Å². The Balaban J connectivity index is 1.80. The molecule has 0 saturated carbocycles. The highest BCUT2D eigenvalue weighted by molar-refractivity contribution is 5.85. The van der Waals surface area contributed by atoms with Crippen molar-refractivity contribution in [2.24, 2.45) is 0 Å².